The number of benzene rings is 3. The van der Waals surface area contributed by atoms with E-state index >= 15 is 0 Å². The molecule has 3 aromatic rings. The number of nitrogens with zero attached hydrogens (tertiary/aromatic N) is 2. The first-order valence-electron chi connectivity index (χ1n) is 12.1. The number of hydrogen-bond donors (Lipinski definition) is 0. The normalized spacial score (nSPS) is 14.5. The van der Waals surface area contributed by atoms with E-state index < -0.39 is 0 Å². The van der Waals surface area contributed by atoms with Gasteiger partial charge in [0.25, 0.3) is 0 Å². The second kappa shape index (κ2) is 11.4. The molecule has 0 spiro atoms. The summed E-state index contributed by atoms with van der Waals surface area (Å²) in [7, 11) is 0. The van der Waals surface area contributed by atoms with Gasteiger partial charge in [-0.15, -0.1) is 0 Å². The van der Waals surface area contributed by atoms with Crippen LogP contribution in [0.2, 0.25) is 5.02 Å². The van der Waals surface area contributed by atoms with Crippen LogP contribution in [0.4, 0.5) is 5.69 Å². The summed E-state index contributed by atoms with van der Waals surface area (Å²) in [5.74, 6) is 0.550. The zero-order chi connectivity index (χ0) is 23.9. The van der Waals surface area contributed by atoms with E-state index in [0.29, 0.717) is 12.1 Å². The Morgan fingerprint density at radius 1 is 1.00 bits per heavy atom. The quantitative estimate of drug-likeness (QED) is 0.351. The number of aryl methyl sites for hydroxylation is 1. The van der Waals surface area contributed by atoms with E-state index in [-0.39, 0.29) is 17.7 Å². The van der Waals surface area contributed by atoms with Crippen molar-refractivity contribution in [2.24, 2.45) is 11.8 Å². The smallest absolute Gasteiger partial charge is 0.230 e. The molecule has 0 N–H and O–H groups in total. The molecule has 0 aliphatic heterocycles. The van der Waals surface area contributed by atoms with E-state index in [1.807, 2.05) is 35.2 Å². The summed E-state index contributed by atoms with van der Waals surface area (Å²) in [6.45, 7) is 2.70. The zero-order valence-corrected chi connectivity index (χ0v) is 20.5. The van der Waals surface area contributed by atoms with Crippen LogP contribution in [0.15, 0.2) is 72.8 Å². The van der Waals surface area contributed by atoms with E-state index in [9.17, 15) is 10.1 Å². The molecule has 1 atom stereocenters. The van der Waals surface area contributed by atoms with Gasteiger partial charge in [-0.1, -0.05) is 66.4 Å². The minimum absolute atomic E-state index is 0.111. The first-order chi connectivity index (χ1) is 16.5. The SMILES string of the molecule is Cc1ccc(N(CC(Cc2ccc(Cl)cc2)Cc2cccc(C#N)c2)C(=O)C2CCCC2)cc1. The fourth-order valence-electron chi connectivity index (χ4n) is 4.95. The molecular formula is C30H31ClN2O. The number of halogens is 1. The van der Waals surface area contributed by atoms with Crippen molar-refractivity contribution in [3.63, 3.8) is 0 Å². The third-order valence-electron chi connectivity index (χ3n) is 6.77. The van der Waals surface area contributed by atoms with Crippen LogP contribution in [0.1, 0.15) is 47.9 Å². The Kier molecular flexibility index (Phi) is 8.03. The van der Waals surface area contributed by atoms with Gasteiger partial charge in [-0.25, -0.2) is 0 Å². The molecule has 0 bridgehead atoms. The fraction of sp³-hybridized carbons (Fsp3) is 0.333. The van der Waals surface area contributed by atoms with Crippen molar-refractivity contribution in [2.45, 2.75) is 45.4 Å². The number of anilines is 1. The van der Waals surface area contributed by atoms with Gasteiger partial charge in [-0.2, -0.15) is 5.26 Å². The molecular weight excluding hydrogens is 440 g/mol. The van der Waals surface area contributed by atoms with Crippen molar-refractivity contribution in [1.82, 2.24) is 0 Å². The third-order valence-corrected chi connectivity index (χ3v) is 7.03. The summed E-state index contributed by atoms with van der Waals surface area (Å²) in [4.78, 5) is 15.7. The Morgan fingerprint density at radius 3 is 2.35 bits per heavy atom. The van der Waals surface area contributed by atoms with Crippen molar-refractivity contribution in [2.75, 3.05) is 11.4 Å². The van der Waals surface area contributed by atoms with Crippen molar-refractivity contribution in [3.05, 3.63) is 100 Å². The van der Waals surface area contributed by atoms with Crippen LogP contribution in [-0.4, -0.2) is 12.5 Å². The standard InChI is InChI=1S/C30H31ClN2O/c1-22-9-15-29(16-10-22)33(30(34)27-7-2-3-8-27)21-26(17-23-11-13-28(31)14-12-23)19-24-5-4-6-25(18-24)20-32/h4-6,9-16,18,26-27H,2-3,7-8,17,19,21H2,1H3. The van der Waals surface area contributed by atoms with Gasteiger partial charge >= 0.3 is 0 Å². The largest absolute Gasteiger partial charge is 0.312 e. The van der Waals surface area contributed by atoms with Crippen molar-refractivity contribution in [3.8, 4) is 6.07 Å². The highest BCUT2D eigenvalue weighted by Gasteiger charge is 2.30. The molecule has 174 valence electrons. The van der Waals surface area contributed by atoms with Gasteiger partial charge in [0.15, 0.2) is 0 Å². The molecule has 3 aromatic carbocycles. The molecule has 4 heteroatoms. The van der Waals surface area contributed by atoms with Crippen molar-refractivity contribution in [1.29, 1.82) is 5.26 Å². The van der Waals surface area contributed by atoms with Gasteiger partial charge in [0.1, 0.15) is 0 Å². The molecule has 0 radical (unpaired) electrons. The van der Waals surface area contributed by atoms with Crippen LogP contribution < -0.4 is 4.90 Å². The minimum atomic E-state index is 0.111. The predicted molar refractivity (Wildman–Crippen MR) is 139 cm³/mol. The van der Waals surface area contributed by atoms with Crippen LogP contribution in [0, 0.1) is 30.1 Å². The van der Waals surface area contributed by atoms with E-state index in [1.165, 1.54) is 11.1 Å². The van der Waals surface area contributed by atoms with Crippen LogP contribution >= 0.6 is 11.6 Å². The van der Waals surface area contributed by atoms with E-state index in [2.05, 4.69) is 55.5 Å². The zero-order valence-electron chi connectivity index (χ0n) is 19.7. The molecule has 1 amide bonds. The number of hydrogen-bond acceptors (Lipinski definition) is 2. The maximum Gasteiger partial charge on any atom is 0.230 e. The number of amides is 1. The average molecular weight is 471 g/mol. The molecule has 0 heterocycles. The molecule has 1 aliphatic rings. The molecule has 4 rings (SSSR count). The van der Waals surface area contributed by atoms with Gasteiger partial charge in [0, 0.05) is 23.2 Å². The summed E-state index contributed by atoms with van der Waals surface area (Å²) >= 11 is 6.12. The first-order valence-corrected chi connectivity index (χ1v) is 12.5. The molecule has 1 unspecified atom stereocenters. The Balaban J connectivity index is 1.64. The molecule has 0 aromatic heterocycles. The van der Waals surface area contributed by atoms with Crippen LogP contribution in [0.25, 0.3) is 0 Å². The fourth-order valence-corrected chi connectivity index (χ4v) is 5.08. The minimum Gasteiger partial charge on any atom is -0.312 e. The van der Waals surface area contributed by atoms with Gasteiger partial charge in [0.05, 0.1) is 11.6 Å². The Labute approximate surface area is 208 Å². The third kappa shape index (κ3) is 6.27. The lowest BCUT2D eigenvalue weighted by Crippen LogP contribution is -2.40. The van der Waals surface area contributed by atoms with Gasteiger partial charge in [-0.3, -0.25) is 4.79 Å². The number of nitriles is 1. The summed E-state index contributed by atoms with van der Waals surface area (Å²) in [5.41, 5.74) is 5.13. The van der Waals surface area contributed by atoms with Crippen LogP contribution in [0.3, 0.4) is 0 Å². The molecule has 0 saturated heterocycles. The summed E-state index contributed by atoms with van der Waals surface area (Å²) in [6.07, 6.45) is 5.84. The topological polar surface area (TPSA) is 44.1 Å². The van der Waals surface area contributed by atoms with Crippen LogP contribution in [0.5, 0.6) is 0 Å². The van der Waals surface area contributed by atoms with Gasteiger partial charge in [0.2, 0.25) is 5.91 Å². The van der Waals surface area contributed by atoms with E-state index in [0.717, 1.165) is 54.8 Å². The van der Waals surface area contributed by atoms with Gasteiger partial charge in [-0.05, 0) is 86.1 Å². The second-order valence-corrected chi connectivity index (χ2v) is 9.92. The second-order valence-electron chi connectivity index (χ2n) is 9.48. The number of rotatable bonds is 8. The first kappa shape index (κ1) is 24.0. The van der Waals surface area contributed by atoms with Crippen molar-refractivity contribution >= 4 is 23.2 Å². The lowest BCUT2D eigenvalue weighted by Gasteiger charge is -2.30. The van der Waals surface area contributed by atoms with E-state index in [4.69, 9.17) is 11.6 Å². The summed E-state index contributed by atoms with van der Waals surface area (Å²) in [6, 6.07) is 26.3. The molecule has 3 nitrogen and oxygen atoms in total. The molecule has 1 fully saturated rings. The lowest BCUT2D eigenvalue weighted by atomic mass is 9.90. The highest BCUT2D eigenvalue weighted by molar-refractivity contribution is 6.30. The molecule has 34 heavy (non-hydrogen) atoms. The maximum absolute atomic E-state index is 13.7. The lowest BCUT2D eigenvalue weighted by molar-refractivity contribution is -0.122. The summed E-state index contributed by atoms with van der Waals surface area (Å²) < 4.78 is 0. The number of carbonyl (C=O) groups excluding carboxylic acids is 1. The molecule has 1 saturated carbocycles. The Morgan fingerprint density at radius 2 is 1.68 bits per heavy atom. The average Bonchev–Trinajstić information content (AvgIpc) is 3.39. The van der Waals surface area contributed by atoms with Gasteiger partial charge < -0.3 is 4.90 Å². The predicted octanol–water partition coefficient (Wildman–Crippen LogP) is 7.14. The monoisotopic (exact) mass is 470 g/mol. The van der Waals surface area contributed by atoms with Crippen molar-refractivity contribution < 1.29 is 4.79 Å². The number of carbonyl (C=O) groups is 1. The Bertz CT molecular complexity index is 1140. The van der Waals surface area contributed by atoms with E-state index in [1.54, 1.807) is 0 Å². The van der Waals surface area contributed by atoms with Crippen LogP contribution in [-0.2, 0) is 17.6 Å². The summed E-state index contributed by atoms with van der Waals surface area (Å²) in [5, 5.41) is 10.1. The maximum atomic E-state index is 13.7. The highest BCUT2D eigenvalue weighted by atomic mass is 35.5. The Hall–Kier alpha value is -3.09. The molecule has 1 aliphatic carbocycles. The highest BCUT2D eigenvalue weighted by Crippen LogP contribution is 2.30.